The van der Waals surface area contributed by atoms with E-state index in [9.17, 15) is 4.79 Å². The number of para-hydroxylation sites is 1. The molecule has 6 heteroatoms. The van der Waals surface area contributed by atoms with Gasteiger partial charge in [-0.3, -0.25) is 4.98 Å². The summed E-state index contributed by atoms with van der Waals surface area (Å²) in [4.78, 5) is 16.6. The van der Waals surface area contributed by atoms with Crippen LogP contribution in [-0.4, -0.2) is 10.6 Å². The van der Waals surface area contributed by atoms with Crippen molar-refractivity contribution in [2.45, 2.75) is 37.8 Å². The van der Waals surface area contributed by atoms with Gasteiger partial charge in [0.25, 0.3) is 0 Å². The lowest BCUT2D eigenvalue weighted by Crippen LogP contribution is -2.48. The van der Waals surface area contributed by atoms with E-state index in [0.717, 1.165) is 53.3 Å². The van der Waals surface area contributed by atoms with Gasteiger partial charge in [0.15, 0.2) is 0 Å². The molecule has 1 aliphatic rings. The van der Waals surface area contributed by atoms with Crippen molar-refractivity contribution in [2.75, 3.05) is 10.6 Å². The Morgan fingerprint density at radius 3 is 2.57 bits per heavy atom. The first kappa shape index (κ1) is 18.9. The molecule has 0 amide bonds. The fourth-order valence-electron chi connectivity index (χ4n) is 4.40. The van der Waals surface area contributed by atoms with Crippen molar-refractivity contribution in [3.8, 4) is 0 Å². The van der Waals surface area contributed by atoms with Crippen molar-refractivity contribution < 1.29 is 4.42 Å². The Kier molecular flexibility index (Phi) is 4.83. The molecule has 0 radical (unpaired) electrons. The lowest BCUT2D eigenvalue weighted by atomic mass is 9.88. The fraction of sp³-hybridized carbons (Fsp3) is 0.250. The van der Waals surface area contributed by atoms with E-state index in [1.54, 1.807) is 12.3 Å². The Labute approximate surface area is 179 Å². The number of pyridine rings is 1. The average Bonchev–Trinajstić information content (AvgIpc) is 2.74. The number of halogens is 1. The molecule has 0 unspecified atom stereocenters. The van der Waals surface area contributed by atoms with Crippen molar-refractivity contribution in [2.24, 2.45) is 0 Å². The number of aromatic nitrogens is 1. The molecular weight excluding hydrogens is 398 g/mol. The molecule has 1 fully saturated rings. The van der Waals surface area contributed by atoms with Crippen LogP contribution < -0.4 is 16.3 Å². The van der Waals surface area contributed by atoms with Crippen LogP contribution in [0, 0.1) is 0 Å². The molecule has 4 aromatic rings. The highest BCUT2D eigenvalue weighted by Crippen LogP contribution is 2.36. The van der Waals surface area contributed by atoms with Gasteiger partial charge < -0.3 is 15.1 Å². The monoisotopic (exact) mass is 419 g/mol. The summed E-state index contributed by atoms with van der Waals surface area (Å²) in [5.74, 6) is 0. The van der Waals surface area contributed by atoms with Gasteiger partial charge in [0, 0.05) is 33.7 Å². The van der Waals surface area contributed by atoms with Crippen LogP contribution in [0.4, 0.5) is 11.4 Å². The number of nitrogens with zero attached hydrogens (tertiary/aromatic N) is 1. The van der Waals surface area contributed by atoms with Gasteiger partial charge in [0.2, 0.25) is 0 Å². The lowest BCUT2D eigenvalue weighted by Gasteiger charge is -2.41. The summed E-state index contributed by atoms with van der Waals surface area (Å²) in [5.41, 5.74) is 2.50. The maximum Gasteiger partial charge on any atom is 0.338 e. The summed E-state index contributed by atoms with van der Waals surface area (Å²) < 4.78 is 5.37. The van der Waals surface area contributed by atoms with Gasteiger partial charge in [-0.15, -0.1) is 0 Å². The predicted molar refractivity (Wildman–Crippen MR) is 122 cm³/mol. The van der Waals surface area contributed by atoms with Gasteiger partial charge >= 0.3 is 5.63 Å². The zero-order chi connectivity index (χ0) is 20.6. The third kappa shape index (κ3) is 3.61. The van der Waals surface area contributed by atoms with Gasteiger partial charge in [0.05, 0.1) is 11.2 Å². The minimum atomic E-state index is -0.372. The van der Waals surface area contributed by atoms with Crippen molar-refractivity contribution in [3.05, 3.63) is 76.2 Å². The molecule has 0 saturated heterocycles. The largest absolute Gasteiger partial charge is 0.423 e. The van der Waals surface area contributed by atoms with Crippen LogP contribution in [0.3, 0.4) is 0 Å². The zero-order valence-electron chi connectivity index (χ0n) is 16.5. The lowest BCUT2D eigenvalue weighted by molar-refractivity contribution is 0.360. The van der Waals surface area contributed by atoms with Crippen molar-refractivity contribution in [3.63, 3.8) is 0 Å². The maximum atomic E-state index is 12.2. The molecular formula is C24H22ClN3O2. The van der Waals surface area contributed by atoms with Crippen molar-refractivity contribution in [1.29, 1.82) is 0 Å². The highest BCUT2D eigenvalue weighted by atomic mass is 35.5. The van der Waals surface area contributed by atoms with E-state index in [0.29, 0.717) is 10.6 Å². The minimum absolute atomic E-state index is 0.355. The molecule has 5 nitrogen and oxygen atoms in total. The van der Waals surface area contributed by atoms with Gasteiger partial charge in [-0.2, -0.15) is 0 Å². The Balaban J connectivity index is 1.58. The molecule has 5 rings (SSSR count). The number of hydrogen-bond acceptors (Lipinski definition) is 5. The van der Waals surface area contributed by atoms with Crippen LogP contribution in [0.5, 0.6) is 0 Å². The molecule has 0 bridgehead atoms. The first-order valence-corrected chi connectivity index (χ1v) is 10.6. The number of anilines is 2. The smallest absolute Gasteiger partial charge is 0.338 e. The number of fused-ring (bicyclic) bond motifs is 2. The first-order valence-electron chi connectivity index (χ1n) is 10.3. The Hall–Kier alpha value is -3.05. The van der Waals surface area contributed by atoms with E-state index in [2.05, 4.69) is 15.6 Å². The van der Waals surface area contributed by atoms with Crippen LogP contribution in [0.25, 0.3) is 21.9 Å². The quantitative estimate of drug-likeness (QED) is 0.305. The predicted octanol–water partition coefficient (Wildman–Crippen LogP) is 6.18. The topological polar surface area (TPSA) is 67.2 Å². The third-order valence-corrected chi connectivity index (χ3v) is 6.04. The molecule has 2 aromatic heterocycles. The van der Waals surface area contributed by atoms with Crippen molar-refractivity contribution in [1.82, 2.24) is 4.98 Å². The highest BCUT2D eigenvalue weighted by Gasteiger charge is 2.33. The Bertz CT molecular complexity index is 1280. The summed E-state index contributed by atoms with van der Waals surface area (Å²) in [7, 11) is 0. The van der Waals surface area contributed by atoms with Crippen LogP contribution in [0.1, 0.15) is 32.1 Å². The van der Waals surface area contributed by atoms with E-state index in [4.69, 9.17) is 16.0 Å². The summed E-state index contributed by atoms with van der Waals surface area (Å²) in [6.45, 7) is 0. The third-order valence-electron chi connectivity index (χ3n) is 5.81. The number of hydrogen-bond donors (Lipinski definition) is 2. The Morgan fingerprint density at radius 1 is 0.900 bits per heavy atom. The van der Waals surface area contributed by atoms with E-state index < -0.39 is 0 Å². The van der Waals surface area contributed by atoms with Crippen LogP contribution in [0.15, 0.2) is 70.0 Å². The van der Waals surface area contributed by atoms with Gasteiger partial charge in [-0.1, -0.05) is 30.2 Å². The van der Waals surface area contributed by atoms with Crippen LogP contribution >= 0.6 is 11.6 Å². The average molecular weight is 420 g/mol. The summed E-state index contributed by atoms with van der Waals surface area (Å²) in [5, 5.41) is 10.0. The van der Waals surface area contributed by atoms with Crippen LogP contribution in [-0.2, 0) is 0 Å². The van der Waals surface area contributed by atoms with Gasteiger partial charge in [0.1, 0.15) is 11.2 Å². The zero-order valence-corrected chi connectivity index (χ0v) is 17.2. The van der Waals surface area contributed by atoms with Crippen molar-refractivity contribution >= 4 is 44.8 Å². The molecule has 30 heavy (non-hydrogen) atoms. The second-order valence-corrected chi connectivity index (χ2v) is 8.32. The molecule has 0 aliphatic heterocycles. The molecule has 0 spiro atoms. The molecule has 0 atom stereocenters. The molecule has 2 aromatic carbocycles. The fourth-order valence-corrected chi connectivity index (χ4v) is 4.56. The minimum Gasteiger partial charge on any atom is -0.423 e. The normalized spacial score (nSPS) is 15.9. The second-order valence-electron chi connectivity index (χ2n) is 7.89. The van der Waals surface area contributed by atoms with E-state index in [1.165, 1.54) is 6.42 Å². The van der Waals surface area contributed by atoms with E-state index in [1.807, 2.05) is 48.5 Å². The second kappa shape index (κ2) is 7.65. The molecule has 152 valence electrons. The highest BCUT2D eigenvalue weighted by molar-refractivity contribution is 6.31. The van der Waals surface area contributed by atoms with Gasteiger partial charge in [-0.25, -0.2) is 4.79 Å². The summed E-state index contributed by atoms with van der Waals surface area (Å²) >= 11 is 6.16. The molecule has 1 saturated carbocycles. The molecule has 1 aliphatic carbocycles. The summed E-state index contributed by atoms with van der Waals surface area (Å²) in [6, 6.07) is 16.9. The summed E-state index contributed by atoms with van der Waals surface area (Å²) in [6.07, 6.45) is 7.10. The number of rotatable bonds is 4. The van der Waals surface area contributed by atoms with E-state index >= 15 is 0 Å². The Morgan fingerprint density at radius 2 is 1.70 bits per heavy atom. The number of benzene rings is 2. The van der Waals surface area contributed by atoms with Gasteiger partial charge in [-0.05, 0) is 62.1 Å². The SMILES string of the molecule is O=c1cc(NC2(Nc3ccnc4cc(Cl)ccc34)CCCCC2)c2ccccc2o1. The number of nitrogens with one attached hydrogen (secondary N) is 2. The molecule has 2 N–H and O–H groups in total. The molecule has 2 heterocycles. The standard InChI is InChI=1S/C24H22ClN3O2/c25-16-8-9-17-19(10-13-26-20(17)14-16)27-24(11-4-1-5-12-24)28-21-15-23(29)30-22-7-3-2-6-18(21)22/h2-3,6-10,13-15,28H,1,4-5,11-12H2,(H,26,27). The van der Waals surface area contributed by atoms with E-state index in [-0.39, 0.29) is 11.3 Å². The van der Waals surface area contributed by atoms with Crippen LogP contribution in [0.2, 0.25) is 5.02 Å². The maximum absolute atomic E-state index is 12.2. The first-order chi connectivity index (χ1) is 14.6.